The van der Waals surface area contributed by atoms with Crippen molar-refractivity contribution in [3.63, 3.8) is 0 Å². The quantitative estimate of drug-likeness (QED) is 0.668. The van der Waals surface area contributed by atoms with Gasteiger partial charge in [0.2, 0.25) is 5.88 Å². The lowest BCUT2D eigenvalue weighted by atomic mass is 10.1. The monoisotopic (exact) mass is 391 g/mol. The smallest absolute Gasteiger partial charge is 0.274 e. The number of benzene rings is 1. The Morgan fingerprint density at radius 1 is 1.17 bits per heavy atom. The lowest BCUT2D eigenvalue weighted by Gasteiger charge is -2.06. The van der Waals surface area contributed by atoms with Gasteiger partial charge in [-0.1, -0.05) is 23.8 Å². The van der Waals surface area contributed by atoms with Gasteiger partial charge in [-0.2, -0.15) is 9.90 Å². The lowest BCUT2D eigenvalue weighted by molar-refractivity contribution is 0.0945. The van der Waals surface area contributed by atoms with Crippen LogP contribution in [-0.4, -0.2) is 32.5 Å². The summed E-state index contributed by atoms with van der Waals surface area (Å²) >= 11 is 0. The molecule has 1 aromatic carbocycles. The van der Waals surface area contributed by atoms with Gasteiger partial charge in [-0.25, -0.2) is 4.98 Å². The summed E-state index contributed by atoms with van der Waals surface area (Å²) in [5.74, 6) is 1.06. The van der Waals surface area contributed by atoms with E-state index in [1.54, 1.807) is 13.1 Å². The standard InChI is InChI=1S/C22H25N5O2/c1-14-4-8-19(15(2)10-14)27-25-16(3)21(26-27)22(28)24-12-18-7-9-20(23-11-18)29-13-17-5-6-17/h4,7-11,17H,5-6,12-13H2,1-3H3,(H,24,28). The minimum atomic E-state index is -0.257. The van der Waals surface area contributed by atoms with Crippen molar-refractivity contribution in [2.24, 2.45) is 5.92 Å². The molecule has 2 aromatic heterocycles. The minimum absolute atomic E-state index is 0.257. The third-order valence-electron chi connectivity index (χ3n) is 4.98. The number of nitrogens with one attached hydrogen (secondary N) is 1. The fourth-order valence-electron chi connectivity index (χ4n) is 3.08. The van der Waals surface area contributed by atoms with E-state index in [9.17, 15) is 4.79 Å². The summed E-state index contributed by atoms with van der Waals surface area (Å²) < 4.78 is 5.64. The Bertz CT molecular complexity index is 1020. The Morgan fingerprint density at radius 2 is 2.00 bits per heavy atom. The number of hydrogen-bond acceptors (Lipinski definition) is 5. The summed E-state index contributed by atoms with van der Waals surface area (Å²) in [6, 6.07) is 9.79. The molecule has 150 valence electrons. The van der Waals surface area contributed by atoms with E-state index >= 15 is 0 Å². The number of amides is 1. The van der Waals surface area contributed by atoms with Gasteiger partial charge in [0.25, 0.3) is 5.91 Å². The summed E-state index contributed by atoms with van der Waals surface area (Å²) in [4.78, 5) is 18.4. The van der Waals surface area contributed by atoms with Gasteiger partial charge in [0.15, 0.2) is 5.69 Å². The van der Waals surface area contributed by atoms with E-state index in [0.29, 0.717) is 29.7 Å². The molecule has 0 unspecified atom stereocenters. The van der Waals surface area contributed by atoms with Crippen LogP contribution in [0.25, 0.3) is 5.69 Å². The van der Waals surface area contributed by atoms with Gasteiger partial charge in [-0.05, 0) is 56.7 Å². The molecule has 0 saturated heterocycles. The van der Waals surface area contributed by atoms with E-state index in [0.717, 1.165) is 23.4 Å². The first-order chi connectivity index (χ1) is 14.0. The number of hydrogen-bond donors (Lipinski definition) is 1. The largest absolute Gasteiger partial charge is 0.477 e. The summed E-state index contributed by atoms with van der Waals surface area (Å²) in [6.45, 7) is 6.93. The molecule has 0 atom stereocenters. The van der Waals surface area contributed by atoms with Crippen LogP contribution in [-0.2, 0) is 6.54 Å². The first-order valence-electron chi connectivity index (χ1n) is 9.87. The highest BCUT2D eigenvalue weighted by Crippen LogP contribution is 2.29. The van der Waals surface area contributed by atoms with Crippen molar-refractivity contribution >= 4 is 5.91 Å². The minimum Gasteiger partial charge on any atom is -0.477 e. The fourth-order valence-corrected chi connectivity index (χ4v) is 3.08. The van der Waals surface area contributed by atoms with Gasteiger partial charge in [-0.15, -0.1) is 5.10 Å². The van der Waals surface area contributed by atoms with Crippen LogP contribution in [0.15, 0.2) is 36.5 Å². The zero-order valence-corrected chi connectivity index (χ0v) is 17.0. The second-order valence-corrected chi connectivity index (χ2v) is 7.66. The second kappa shape index (κ2) is 8.03. The molecule has 1 amide bonds. The lowest BCUT2D eigenvalue weighted by Crippen LogP contribution is -2.24. The average molecular weight is 391 g/mol. The topological polar surface area (TPSA) is 81.9 Å². The van der Waals surface area contributed by atoms with Crippen LogP contribution in [0.4, 0.5) is 0 Å². The highest BCUT2D eigenvalue weighted by atomic mass is 16.5. The third-order valence-corrected chi connectivity index (χ3v) is 4.98. The third kappa shape index (κ3) is 4.62. The number of carbonyl (C=O) groups excluding carboxylic acids is 1. The Kier molecular flexibility index (Phi) is 5.29. The predicted molar refractivity (Wildman–Crippen MR) is 109 cm³/mol. The number of rotatable bonds is 7. The second-order valence-electron chi connectivity index (χ2n) is 7.66. The molecule has 0 radical (unpaired) electrons. The van der Waals surface area contributed by atoms with Crippen LogP contribution in [0.2, 0.25) is 0 Å². The maximum Gasteiger partial charge on any atom is 0.274 e. The van der Waals surface area contributed by atoms with Gasteiger partial charge in [0.05, 0.1) is 18.0 Å². The normalized spacial score (nSPS) is 13.3. The number of pyridine rings is 1. The SMILES string of the molecule is Cc1ccc(-n2nc(C)c(C(=O)NCc3ccc(OCC4CC4)nc3)n2)c(C)c1. The fraction of sp³-hybridized carbons (Fsp3) is 0.364. The Labute approximate surface area is 170 Å². The molecule has 1 aliphatic carbocycles. The zero-order valence-electron chi connectivity index (χ0n) is 17.0. The highest BCUT2D eigenvalue weighted by Gasteiger charge is 2.22. The molecule has 4 rings (SSSR count). The van der Waals surface area contributed by atoms with E-state index in [1.807, 2.05) is 38.1 Å². The van der Waals surface area contributed by atoms with Gasteiger partial charge in [0, 0.05) is 18.8 Å². The van der Waals surface area contributed by atoms with E-state index in [2.05, 4.69) is 26.6 Å². The number of ether oxygens (including phenoxy) is 1. The van der Waals surface area contributed by atoms with Crippen LogP contribution in [0.3, 0.4) is 0 Å². The molecular weight excluding hydrogens is 366 g/mol. The molecule has 1 aliphatic rings. The van der Waals surface area contributed by atoms with Crippen molar-refractivity contribution in [3.05, 3.63) is 64.6 Å². The van der Waals surface area contributed by atoms with Crippen LogP contribution in [0.5, 0.6) is 5.88 Å². The molecule has 1 fully saturated rings. The van der Waals surface area contributed by atoms with Crippen LogP contribution in [0, 0.1) is 26.7 Å². The van der Waals surface area contributed by atoms with Gasteiger partial charge in [-0.3, -0.25) is 4.79 Å². The van der Waals surface area contributed by atoms with Crippen molar-refractivity contribution in [3.8, 4) is 11.6 Å². The van der Waals surface area contributed by atoms with E-state index in [-0.39, 0.29) is 5.91 Å². The number of aromatic nitrogens is 4. The van der Waals surface area contributed by atoms with E-state index < -0.39 is 0 Å². The number of carbonyl (C=O) groups is 1. The molecule has 0 aliphatic heterocycles. The molecular formula is C22H25N5O2. The first-order valence-corrected chi connectivity index (χ1v) is 9.87. The molecule has 0 bridgehead atoms. The Morgan fingerprint density at radius 3 is 2.69 bits per heavy atom. The van der Waals surface area contributed by atoms with E-state index in [4.69, 9.17) is 4.74 Å². The van der Waals surface area contributed by atoms with Gasteiger partial charge < -0.3 is 10.1 Å². The molecule has 0 spiro atoms. The van der Waals surface area contributed by atoms with Gasteiger partial charge in [0.1, 0.15) is 0 Å². The molecule has 1 N–H and O–H groups in total. The molecule has 3 aromatic rings. The average Bonchev–Trinajstić information content (AvgIpc) is 3.46. The van der Waals surface area contributed by atoms with Gasteiger partial charge >= 0.3 is 0 Å². The zero-order chi connectivity index (χ0) is 20.4. The van der Waals surface area contributed by atoms with Crippen LogP contribution < -0.4 is 10.1 Å². The molecule has 7 heteroatoms. The summed E-state index contributed by atoms with van der Waals surface area (Å²) in [7, 11) is 0. The van der Waals surface area contributed by atoms with Crippen LogP contribution in [0.1, 0.15) is 45.7 Å². The summed E-state index contributed by atoms with van der Waals surface area (Å²) in [6.07, 6.45) is 4.22. The molecule has 7 nitrogen and oxygen atoms in total. The van der Waals surface area contributed by atoms with Crippen molar-refractivity contribution in [2.75, 3.05) is 6.61 Å². The number of nitrogens with zero attached hydrogens (tertiary/aromatic N) is 4. The highest BCUT2D eigenvalue weighted by molar-refractivity contribution is 5.93. The molecule has 2 heterocycles. The van der Waals surface area contributed by atoms with Crippen LogP contribution >= 0.6 is 0 Å². The Balaban J connectivity index is 1.38. The van der Waals surface area contributed by atoms with Crippen molar-refractivity contribution < 1.29 is 9.53 Å². The Hall–Kier alpha value is -3.22. The molecule has 29 heavy (non-hydrogen) atoms. The maximum atomic E-state index is 12.6. The van der Waals surface area contributed by atoms with Crippen molar-refractivity contribution in [1.82, 2.24) is 25.3 Å². The van der Waals surface area contributed by atoms with E-state index in [1.165, 1.54) is 23.2 Å². The summed E-state index contributed by atoms with van der Waals surface area (Å²) in [5.41, 5.74) is 4.90. The van der Waals surface area contributed by atoms with Crippen molar-refractivity contribution in [2.45, 2.75) is 40.2 Å². The van der Waals surface area contributed by atoms with Crippen molar-refractivity contribution in [1.29, 1.82) is 0 Å². The maximum absolute atomic E-state index is 12.6. The predicted octanol–water partition coefficient (Wildman–Crippen LogP) is 3.31. The first kappa shape index (κ1) is 19.1. The molecule has 1 saturated carbocycles. The number of aryl methyl sites for hydroxylation is 3. The summed E-state index contributed by atoms with van der Waals surface area (Å²) in [5, 5.41) is 11.7.